The number of hydrogen-bond acceptors (Lipinski definition) is 3. The van der Waals surface area contributed by atoms with E-state index in [0.29, 0.717) is 0 Å². The van der Waals surface area contributed by atoms with E-state index in [1.54, 1.807) is 22.7 Å². The average molecular weight is 278 g/mol. The first-order valence-electron chi connectivity index (χ1n) is 5.09. The molecule has 0 unspecified atom stereocenters. The summed E-state index contributed by atoms with van der Waals surface area (Å²) < 4.78 is 0.832. The molecule has 0 spiro atoms. The zero-order valence-corrected chi connectivity index (χ0v) is 11.1. The van der Waals surface area contributed by atoms with Gasteiger partial charge in [-0.25, -0.2) is 0 Å². The van der Waals surface area contributed by atoms with Crippen LogP contribution in [0.5, 0.6) is 0 Å². The number of rotatable bonds is 2. The summed E-state index contributed by atoms with van der Waals surface area (Å²) in [5.41, 5.74) is 1.21. The molecule has 3 heterocycles. The van der Waals surface area contributed by atoms with Crippen LogP contribution < -0.4 is 0 Å². The standard InChI is InChI=1S/C13H8ClNS2/c14-13-4-3-12(17-13)11-2-1-10(16-11)9-5-7-15-8-6-9/h1-8H. The van der Waals surface area contributed by atoms with E-state index in [1.807, 2.05) is 30.6 Å². The van der Waals surface area contributed by atoms with Gasteiger partial charge in [0.25, 0.3) is 0 Å². The molecule has 0 aromatic carbocycles. The minimum absolute atomic E-state index is 0.832. The van der Waals surface area contributed by atoms with Gasteiger partial charge in [0.05, 0.1) is 4.34 Å². The summed E-state index contributed by atoms with van der Waals surface area (Å²) in [6.45, 7) is 0. The van der Waals surface area contributed by atoms with Crippen molar-refractivity contribution in [3.8, 4) is 20.2 Å². The molecular weight excluding hydrogens is 270 g/mol. The van der Waals surface area contributed by atoms with Crippen molar-refractivity contribution in [2.45, 2.75) is 0 Å². The molecule has 0 aliphatic heterocycles. The summed E-state index contributed by atoms with van der Waals surface area (Å²) in [5, 5.41) is 0. The molecule has 0 aliphatic carbocycles. The third kappa shape index (κ3) is 2.27. The largest absolute Gasteiger partial charge is 0.265 e. The van der Waals surface area contributed by atoms with Gasteiger partial charge in [0.15, 0.2) is 0 Å². The molecule has 1 nitrogen and oxygen atoms in total. The molecule has 3 aromatic rings. The van der Waals surface area contributed by atoms with Gasteiger partial charge in [-0.2, -0.15) is 0 Å². The Labute approximate surface area is 112 Å². The Hall–Kier alpha value is -1.16. The summed E-state index contributed by atoms with van der Waals surface area (Å²) in [5.74, 6) is 0. The third-order valence-electron chi connectivity index (χ3n) is 2.39. The lowest BCUT2D eigenvalue weighted by molar-refractivity contribution is 1.33. The maximum Gasteiger partial charge on any atom is 0.0935 e. The van der Waals surface area contributed by atoms with Gasteiger partial charge in [0.1, 0.15) is 0 Å². The van der Waals surface area contributed by atoms with E-state index < -0.39 is 0 Å². The van der Waals surface area contributed by atoms with Crippen molar-refractivity contribution >= 4 is 34.3 Å². The fourth-order valence-corrected chi connectivity index (χ4v) is 3.73. The molecule has 0 aliphatic rings. The second kappa shape index (κ2) is 4.61. The van der Waals surface area contributed by atoms with Crippen LogP contribution in [0.3, 0.4) is 0 Å². The number of aromatic nitrogens is 1. The van der Waals surface area contributed by atoms with Crippen molar-refractivity contribution in [1.82, 2.24) is 4.98 Å². The van der Waals surface area contributed by atoms with Crippen LogP contribution in [0.1, 0.15) is 0 Å². The molecule has 0 saturated carbocycles. The Morgan fingerprint density at radius 1 is 0.765 bits per heavy atom. The van der Waals surface area contributed by atoms with Crippen LogP contribution in [-0.2, 0) is 0 Å². The molecule has 0 bridgehead atoms. The summed E-state index contributed by atoms with van der Waals surface area (Å²) in [4.78, 5) is 7.77. The third-order valence-corrected chi connectivity index (χ3v) is 4.95. The first-order valence-corrected chi connectivity index (χ1v) is 7.10. The summed E-state index contributed by atoms with van der Waals surface area (Å²) in [6, 6.07) is 12.3. The molecule has 0 fully saturated rings. The van der Waals surface area contributed by atoms with Gasteiger partial charge >= 0.3 is 0 Å². The SMILES string of the molecule is Clc1ccc(-c2ccc(-c3ccncc3)s2)s1. The van der Waals surface area contributed by atoms with Crippen molar-refractivity contribution < 1.29 is 0 Å². The molecule has 0 N–H and O–H groups in total. The molecule has 0 radical (unpaired) electrons. The van der Waals surface area contributed by atoms with Crippen LogP contribution in [-0.4, -0.2) is 4.98 Å². The van der Waals surface area contributed by atoms with Crippen LogP contribution in [0.15, 0.2) is 48.8 Å². The van der Waals surface area contributed by atoms with Crippen molar-refractivity contribution in [1.29, 1.82) is 0 Å². The first-order chi connectivity index (χ1) is 8.33. The lowest BCUT2D eigenvalue weighted by atomic mass is 10.2. The monoisotopic (exact) mass is 277 g/mol. The van der Waals surface area contributed by atoms with E-state index in [2.05, 4.69) is 23.2 Å². The van der Waals surface area contributed by atoms with E-state index in [1.165, 1.54) is 20.2 Å². The van der Waals surface area contributed by atoms with Gasteiger partial charge in [-0.1, -0.05) is 11.6 Å². The van der Waals surface area contributed by atoms with Crippen molar-refractivity contribution in [2.24, 2.45) is 0 Å². The molecule has 4 heteroatoms. The van der Waals surface area contributed by atoms with Gasteiger partial charge in [-0.05, 0) is 42.0 Å². The Morgan fingerprint density at radius 2 is 1.41 bits per heavy atom. The molecule has 0 amide bonds. The lowest BCUT2D eigenvalue weighted by Gasteiger charge is -1.94. The molecule has 17 heavy (non-hydrogen) atoms. The summed E-state index contributed by atoms with van der Waals surface area (Å²) in [7, 11) is 0. The van der Waals surface area contributed by atoms with E-state index >= 15 is 0 Å². The van der Waals surface area contributed by atoms with Crippen molar-refractivity contribution in [2.75, 3.05) is 0 Å². The van der Waals surface area contributed by atoms with Crippen LogP contribution in [0.25, 0.3) is 20.2 Å². The number of hydrogen-bond donors (Lipinski definition) is 0. The van der Waals surface area contributed by atoms with Crippen molar-refractivity contribution in [3.05, 3.63) is 53.1 Å². The van der Waals surface area contributed by atoms with Gasteiger partial charge in [0.2, 0.25) is 0 Å². The lowest BCUT2D eigenvalue weighted by Crippen LogP contribution is -1.71. The highest BCUT2D eigenvalue weighted by Gasteiger charge is 2.06. The molecular formula is C13H8ClNS2. The molecule has 0 atom stereocenters. The van der Waals surface area contributed by atoms with Gasteiger partial charge in [-0.3, -0.25) is 4.98 Å². The highest BCUT2D eigenvalue weighted by Crippen LogP contribution is 2.38. The maximum absolute atomic E-state index is 5.95. The van der Waals surface area contributed by atoms with Gasteiger partial charge in [-0.15, -0.1) is 22.7 Å². The van der Waals surface area contributed by atoms with Crippen LogP contribution in [0.2, 0.25) is 4.34 Å². The zero-order chi connectivity index (χ0) is 11.7. The Balaban J connectivity index is 1.99. The highest BCUT2D eigenvalue weighted by atomic mass is 35.5. The number of pyridine rings is 1. The minimum atomic E-state index is 0.832. The van der Waals surface area contributed by atoms with Crippen LogP contribution in [0.4, 0.5) is 0 Å². The predicted octanol–water partition coefficient (Wildman–Crippen LogP) is 5.19. The molecule has 3 aromatic heterocycles. The second-order valence-corrected chi connectivity index (χ2v) is 6.30. The zero-order valence-electron chi connectivity index (χ0n) is 8.76. The fraction of sp³-hybridized carbons (Fsp3) is 0. The van der Waals surface area contributed by atoms with E-state index in [9.17, 15) is 0 Å². The van der Waals surface area contributed by atoms with Crippen LogP contribution in [0, 0.1) is 0 Å². The van der Waals surface area contributed by atoms with E-state index in [-0.39, 0.29) is 0 Å². The smallest absolute Gasteiger partial charge is 0.0935 e. The van der Waals surface area contributed by atoms with E-state index in [0.717, 1.165) is 4.34 Å². The predicted molar refractivity (Wildman–Crippen MR) is 75.9 cm³/mol. The first kappa shape index (κ1) is 11.0. The number of halogens is 1. The Kier molecular flexibility index (Phi) is 2.97. The molecule has 3 rings (SSSR count). The Morgan fingerprint density at radius 3 is 2.12 bits per heavy atom. The highest BCUT2D eigenvalue weighted by molar-refractivity contribution is 7.25. The second-order valence-electron chi connectivity index (χ2n) is 3.50. The van der Waals surface area contributed by atoms with Crippen molar-refractivity contribution in [3.63, 3.8) is 0 Å². The Bertz CT molecular complexity index is 628. The average Bonchev–Trinajstić information content (AvgIpc) is 2.98. The number of nitrogens with zero attached hydrogens (tertiary/aromatic N) is 1. The van der Waals surface area contributed by atoms with Crippen LogP contribution >= 0.6 is 34.3 Å². The van der Waals surface area contributed by atoms with Gasteiger partial charge in [0, 0.05) is 27.0 Å². The summed E-state index contributed by atoms with van der Waals surface area (Å²) in [6.07, 6.45) is 3.63. The number of thiophene rings is 2. The molecule has 0 saturated heterocycles. The van der Waals surface area contributed by atoms with E-state index in [4.69, 9.17) is 11.6 Å². The quantitative estimate of drug-likeness (QED) is 0.628. The maximum atomic E-state index is 5.95. The van der Waals surface area contributed by atoms with Gasteiger partial charge < -0.3 is 0 Å². The normalized spacial score (nSPS) is 10.6. The topological polar surface area (TPSA) is 12.9 Å². The fourth-order valence-electron chi connectivity index (χ4n) is 1.59. The molecule has 84 valence electrons. The minimum Gasteiger partial charge on any atom is -0.265 e. The summed E-state index contributed by atoms with van der Waals surface area (Å²) >= 11 is 9.34.